The molecule has 0 bridgehead atoms. The number of pyridine rings is 2. The maximum absolute atomic E-state index is 15.0. The number of ether oxygens (including phenoxy) is 2. The molecular weight excluding hydrogens is 565 g/mol. The molecule has 13 nitrogen and oxygen atoms in total. The van der Waals surface area contributed by atoms with Gasteiger partial charge in [-0.3, -0.25) is 19.2 Å². The zero-order valence-corrected chi connectivity index (χ0v) is 23.1. The second-order valence-electron chi connectivity index (χ2n) is 10.7. The number of cyclic esters (lactones) is 1. The van der Waals surface area contributed by atoms with E-state index in [0.29, 0.717) is 41.7 Å². The molecule has 14 heteroatoms. The number of aliphatic hydroxyl groups excluding tert-OH is 1. The summed E-state index contributed by atoms with van der Waals surface area (Å²) in [5.41, 5.74) is 4.38. The number of benzene rings is 1. The molecular formula is C29H28FN5O8. The van der Waals surface area contributed by atoms with Crippen LogP contribution in [0.1, 0.15) is 51.8 Å². The Hall–Kier alpha value is -4.69. The fraction of sp³-hybridized carbons (Fsp3) is 0.379. The number of rotatable bonds is 9. The van der Waals surface area contributed by atoms with E-state index < -0.39 is 29.4 Å². The predicted octanol–water partition coefficient (Wildman–Crippen LogP) is -0.0548. The van der Waals surface area contributed by atoms with Gasteiger partial charge >= 0.3 is 5.97 Å². The summed E-state index contributed by atoms with van der Waals surface area (Å²) in [6.45, 7) is 1.25. The van der Waals surface area contributed by atoms with E-state index in [-0.39, 0.29) is 62.4 Å². The van der Waals surface area contributed by atoms with Crippen LogP contribution in [0.4, 0.5) is 4.39 Å². The smallest absolute Gasteiger partial charge is 0.340 e. The Balaban J connectivity index is 1.29. The summed E-state index contributed by atoms with van der Waals surface area (Å²) in [5, 5.41) is 18.4. The highest BCUT2D eigenvalue weighted by Crippen LogP contribution is 2.46. The number of nitrogens with zero attached hydrogens (tertiary/aromatic N) is 2. The second kappa shape index (κ2) is 11.2. The van der Waals surface area contributed by atoms with Crippen LogP contribution in [-0.2, 0) is 48.2 Å². The Labute approximate surface area is 243 Å². The largest absolute Gasteiger partial charge is 0.458 e. The third kappa shape index (κ3) is 4.91. The first-order valence-electron chi connectivity index (χ1n) is 13.7. The second-order valence-corrected chi connectivity index (χ2v) is 10.7. The van der Waals surface area contributed by atoms with Crippen molar-refractivity contribution in [3.05, 3.63) is 61.7 Å². The van der Waals surface area contributed by atoms with Gasteiger partial charge in [0.05, 0.1) is 48.7 Å². The summed E-state index contributed by atoms with van der Waals surface area (Å²) < 4.78 is 27.3. The number of esters is 1. The Morgan fingerprint density at radius 2 is 1.98 bits per heavy atom. The molecule has 224 valence electrons. The van der Waals surface area contributed by atoms with Crippen molar-refractivity contribution in [3.63, 3.8) is 0 Å². The third-order valence-corrected chi connectivity index (χ3v) is 8.25. The predicted molar refractivity (Wildman–Crippen MR) is 147 cm³/mol. The lowest BCUT2D eigenvalue weighted by atomic mass is 9.78. The molecule has 2 atom stereocenters. The molecule has 2 aliphatic heterocycles. The van der Waals surface area contributed by atoms with Gasteiger partial charge in [0.25, 0.3) is 5.56 Å². The average Bonchev–Trinajstić information content (AvgIpc) is 3.36. The minimum absolute atomic E-state index is 0.123. The van der Waals surface area contributed by atoms with Crippen LogP contribution in [0, 0.1) is 12.7 Å². The lowest BCUT2D eigenvalue weighted by Crippen LogP contribution is -2.41. The van der Waals surface area contributed by atoms with Gasteiger partial charge in [-0.05, 0) is 42.5 Å². The highest BCUT2D eigenvalue weighted by Gasteiger charge is 2.37. The zero-order chi connectivity index (χ0) is 30.4. The molecule has 0 saturated heterocycles. The van der Waals surface area contributed by atoms with Crippen molar-refractivity contribution in [2.75, 3.05) is 26.4 Å². The van der Waals surface area contributed by atoms with Crippen LogP contribution >= 0.6 is 0 Å². The Morgan fingerprint density at radius 1 is 1.19 bits per heavy atom. The molecule has 0 radical (unpaired) electrons. The third-order valence-electron chi connectivity index (χ3n) is 8.25. The lowest BCUT2D eigenvalue weighted by Gasteiger charge is -2.29. The number of hydrogen-bond donors (Lipinski definition) is 4. The molecule has 1 aliphatic carbocycles. The lowest BCUT2D eigenvalue weighted by molar-refractivity contribution is -0.157. The summed E-state index contributed by atoms with van der Waals surface area (Å²) in [5.74, 6) is -2.37. The molecule has 0 saturated carbocycles. The van der Waals surface area contributed by atoms with Crippen LogP contribution in [0.5, 0.6) is 0 Å². The quantitative estimate of drug-likeness (QED) is 0.0896. The van der Waals surface area contributed by atoms with Crippen LogP contribution < -0.4 is 21.5 Å². The van der Waals surface area contributed by atoms with E-state index in [4.69, 9.17) is 14.5 Å². The minimum atomic E-state index is -1.59. The molecule has 3 amide bonds. The van der Waals surface area contributed by atoms with E-state index in [1.807, 2.05) is 0 Å². The number of aromatic nitrogens is 2. The van der Waals surface area contributed by atoms with Crippen LogP contribution in [0.15, 0.2) is 16.9 Å². The van der Waals surface area contributed by atoms with Crippen molar-refractivity contribution in [2.45, 2.75) is 44.9 Å². The number of carbonyl (C=O) groups is 4. The SMILES string of the molecule is Cc1c(F)cc2nc3c(c4c2c1CCC4COCNC(=O)CNC(=O)CNC=O)Cn1c-3cc2c(c1=O)COC(=O)C2O. The van der Waals surface area contributed by atoms with Crippen LogP contribution in [0.3, 0.4) is 0 Å². The van der Waals surface area contributed by atoms with Gasteiger partial charge in [0.2, 0.25) is 18.2 Å². The van der Waals surface area contributed by atoms with Gasteiger partial charge in [-0.25, -0.2) is 14.2 Å². The van der Waals surface area contributed by atoms with Crippen LogP contribution in [0.25, 0.3) is 22.3 Å². The van der Waals surface area contributed by atoms with Crippen molar-refractivity contribution in [3.8, 4) is 11.4 Å². The first kappa shape index (κ1) is 28.4. The standard InChI is InChI=1S/C29H28FN5O8/c1-13-15-3-2-14(9-42-12-33-23(38)7-32-22(37)6-31-11-36)24-17-8-35-21(26(17)34-20(25(15)24)5-19(13)30)4-16-18(28(35)40)10-43-29(41)27(16)39/h4-5,11,14,27,39H,2-3,6-10,12H2,1H3,(H,31,36)(H,32,37)(H,33,38). The zero-order valence-electron chi connectivity index (χ0n) is 23.1. The maximum atomic E-state index is 15.0. The van der Waals surface area contributed by atoms with Crippen molar-refractivity contribution in [2.24, 2.45) is 0 Å². The number of fused-ring (bicyclic) bond motifs is 5. The van der Waals surface area contributed by atoms with E-state index in [2.05, 4.69) is 16.0 Å². The number of hydrogen-bond acceptors (Lipinski definition) is 9. The van der Waals surface area contributed by atoms with Gasteiger partial charge in [-0.15, -0.1) is 0 Å². The van der Waals surface area contributed by atoms with E-state index in [1.54, 1.807) is 13.0 Å². The summed E-state index contributed by atoms with van der Waals surface area (Å²) in [7, 11) is 0. The van der Waals surface area contributed by atoms with Gasteiger partial charge in [-0.2, -0.15) is 0 Å². The van der Waals surface area contributed by atoms with Crippen molar-refractivity contribution < 1.29 is 38.1 Å². The summed E-state index contributed by atoms with van der Waals surface area (Å²) in [4.78, 5) is 64.2. The Morgan fingerprint density at radius 3 is 2.77 bits per heavy atom. The fourth-order valence-corrected chi connectivity index (χ4v) is 6.13. The molecule has 0 fully saturated rings. The molecule has 43 heavy (non-hydrogen) atoms. The topological polar surface area (TPSA) is 178 Å². The van der Waals surface area contributed by atoms with Gasteiger partial charge in [0, 0.05) is 28.5 Å². The van der Waals surface area contributed by atoms with E-state index in [0.717, 1.165) is 22.1 Å². The number of nitrogens with one attached hydrogen (secondary N) is 3. The molecule has 2 aromatic heterocycles. The fourth-order valence-electron chi connectivity index (χ4n) is 6.13. The number of aliphatic hydroxyl groups is 1. The average molecular weight is 594 g/mol. The molecule has 3 aromatic rings. The molecule has 0 spiro atoms. The highest BCUT2D eigenvalue weighted by molar-refractivity contribution is 5.93. The van der Waals surface area contributed by atoms with Gasteiger partial charge < -0.3 is 35.1 Å². The van der Waals surface area contributed by atoms with Gasteiger partial charge in [0.15, 0.2) is 6.10 Å². The number of amides is 3. The molecule has 1 aromatic carbocycles. The van der Waals surface area contributed by atoms with Gasteiger partial charge in [-0.1, -0.05) is 0 Å². The van der Waals surface area contributed by atoms with Gasteiger partial charge in [0.1, 0.15) is 19.2 Å². The first-order chi connectivity index (χ1) is 20.7. The number of carbonyl (C=O) groups excluding carboxylic acids is 4. The van der Waals surface area contributed by atoms with E-state index in [9.17, 15) is 33.5 Å². The summed E-state index contributed by atoms with van der Waals surface area (Å²) in [6, 6.07) is 2.97. The molecule has 4 heterocycles. The van der Waals surface area contributed by atoms with Crippen molar-refractivity contribution >= 4 is 35.1 Å². The maximum Gasteiger partial charge on any atom is 0.340 e. The number of aryl methyl sites for hydroxylation is 1. The van der Waals surface area contributed by atoms with Crippen LogP contribution in [-0.4, -0.2) is 65.3 Å². The molecule has 3 aliphatic rings. The molecule has 4 N–H and O–H groups in total. The van der Waals surface area contributed by atoms with E-state index in [1.165, 1.54) is 10.6 Å². The summed E-state index contributed by atoms with van der Waals surface area (Å²) >= 11 is 0. The monoisotopic (exact) mass is 593 g/mol. The van der Waals surface area contributed by atoms with Crippen LogP contribution in [0.2, 0.25) is 0 Å². The number of halogens is 1. The normalized spacial score (nSPS) is 17.9. The molecule has 2 unspecified atom stereocenters. The van der Waals surface area contributed by atoms with Crippen molar-refractivity contribution in [1.29, 1.82) is 0 Å². The molecule has 6 rings (SSSR count). The van der Waals surface area contributed by atoms with E-state index >= 15 is 0 Å². The highest BCUT2D eigenvalue weighted by atomic mass is 19.1. The Bertz CT molecular complexity index is 1770. The minimum Gasteiger partial charge on any atom is -0.458 e. The Kier molecular flexibility index (Phi) is 7.40. The summed E-state index contributed by atoms with van der Waals surface area (Å²) in [6.07, 6.45) is 0.00273. The van der Waals surface area contributed by atoms with Crippen molar-refractivity contribution in [1.82, 2.24) is 25.5 Å². The first-order valence-corrected chi connectivity index (χ1v) is 13.7.